The fourth-order valence-electron chi connectivity index (χ4n) is 3.37. The number of H-pyrrole nitrogens is 1. The highest BCUT2D eigenvalue weighted by Gasteiger charge is 2.26. The predicted octanol–water partition coefficient (Wildman–Crippen LogP) is 3.26. The van der Waals surface area contributed by atoms with Gasteiger partial charge < -0.3 is 9.88 Å². The number of imidazole rings is 1. The molecule has 1 unspecified atom stereocenters. The van der Waals surface area contributed by atoms with Gasteiger partial charge in [0.05, 0.1) is 22.7 Å². The first-order valence-corrected chi connectivity index (χ1v) is 9.34. The molecule has 1 fully saturated rings. The van der Waals surface area contributed by atoms with Gasteiger partial charge in [-0.25, -0.2) is 4.98 Å². The second kappa shape index (κ2) is 7.13. The zero-order valence-electron chi connectivity index (χ0n) is 14.7. The maximum absolute atomic E-state index is 12.8. The van der Waals surface area contributed by atoms with Crippen LogP contribution < -0.4 is 0 Å². The highest BCUT2D eigenvalue weighted by atomic mass is 32.1. The van der Waals surface area contributed by atoms with E-state index in [-0.39, 0.29) is 11.3 Å². The van der Waals surface area contributed by atoms with Crippen LogP contribution in [0.2, 0.25) is 0 Å². The van der Waals surface area contributed by atoms with Crippen LogP contribution in [-0.4, -0.2) is 51.9 Å². The van der Waals surface area contributed by atoms with Gasteiger partial charge in [0.15, 0.2) is 0 Å². The number of aromatic amines is 1. The van der Waals surface area contributed by atoms with Gasteiger partial charge in [0.1, 0.15) is 0 Å². The lowest BCUT2D eigenvalue weighted by Crippen LogP contribution is -2.48. The molecule has 1 saturated heterocycles. The SMILES string of the molecule is Cc1ccc(C(S)N2CCN(C(=O)c3ccc4nc[nH]c4c3)CC2)cc1. The highest BCUT2D eigenvalue weighted by Crippen LogP contribution is 2.26. The number of hydrogen-bond donors (Lipinski definition) is 2. The van der Waals surface area contributed by atoms with Gasteiger partial charge in [0.25, 0.3) is 5.91 Å². The summed E-state index contributed by atoms with van der Waals surface area (Å²) < 4.78 is 0. The van der Waals surface area contributed by atoms with Gasteiger partial charge in [0.2, 0.25) is 0 Å². The average molecular weight is 366 g/mol. The summed E-state index contributed by atoms with van der Waals surface area (Å²) in [6.07, 6.45) is 1.65. The summed E-state index contributed by atoms with van der Waals surface area (Å²) in [5.41, 5.74) is 4.92. The number of nitrogens with one attached hydrogen (secondary N) is 1. The van der Waals surface area contributed by atoms with Crippen LogP contribution in [0.15, 0.2) is 48.8 Å². The molecule has 0 spiro atoms. The quantitative estimate of drug-likeness (QED) is 0.700. The van der Waals surface area contributed by atoms with Crippen LogP contribution >= 0.6 is 12.6 Å². The third kappa shape index (κ3) is 3.34. The zero-order chi connectivity index (χ0) is 18.1. The Morgan fingerprint density at radius 1 is 1.12 bits per heavy atom. The predicted molar refractivity (Wildman–Crippen MR) is 106 cm³/mol. The minimum absolute atomic E-state index is 0.0641. The number of benzene rings is 2. The van der Waals surface area contributed by atoms with E-state index >= 15 is 0 Å². The van der Waals surface area contributed by atoms with Gasteiger partial charge in [-0.2, -0.15) is 12.6 Å². The lowest BCUT2D eigenvalue weighted by Gasteiger charge is -2.37. The number of carbonyl (C=O) groups excluding carboxylic acids is 1. The van der Waals surface area contributed by atoms with Crippen molar-refractivity contribution < 1.29 is 4.79 Å². The van der Waals surface area contributed by atoms with E-state index < -0.39 is 0 Å². The largest absolute Gasteiger partial charge is 0.345 e. The molecule has 0 aliphatic carbocycles. The highest BCUT2D eigenvalue weighted by molar-refractivity contribution is 7.80. The van der Waals surface area contributed by atoms with E-state index in [0.717, 1.165) is 24.1 Å². The number of amides is 1. The van der Waals surface area contributed by atoms with Crippen LogP contribution in [0, 0.1) is 6.92 Å². The third-order valence-corrected chi connectivity index (χ3v) is 5.61. The Morgan fingerprint density at radius 3 is 2.58 bits per heavy atom. The van der Waals surface area contributed by atoms with Crippen LogP contribution in [-0.2, 0) is 0 Å². The molecule has 1 aromatic heterocycles. The summed E-state index contributed by atoms with van der Waals surface area (Å²) in [5, 5.41) is 0.0641. The van der Waals surface area contributed by atoms with Crippen molar-refractivity contribution in [3.05, 3.63) is 65.5 Å². The average Bonchev–Trinajstić information content (AvgIpc) is 3.15. The minimum Gasteiger partial charge on any atom is -0.345 e. The Balaban J connectivity index is 1.41. The van der Waals surface area contributed by atoms with Gasteiger partial charge in [0, 0.05) is 31.7 Å². The molecular weight excluding hydrogens is 344 g/mol. The summed E-state index contributed by atoms with van der Waals surface area (Å²) in [6.45, 7) is 5.15. The summed E-state index contributed by atoms with van der Waals surface area (Å²) in [7, 11) is 0. The molecule has 1 aliphatic heterocycles. The maximum atomic E-state index is 12.8. The number of thiol groups is 1. The van der Waals surface area contributed by atoms with Crippen LogP contribution in [0.4, 0.5) is 0 Å². The lowest BCUT2D eigenvalue weighted by molar-refractivity contribution is 0.0624. The molecule has 2 aromatic carbocycles. The molecule has 26 heavy (non-hydrogen) atoms. The molecular formula is C20H22N4OS. The van der Waals surface area contributed by atoms with Gasteiger partial charge in [-0.3, -0.25) is 9.69 Å². The molecule has 4 rings (SSSR count). The molecule has 6 heteroatoms. The first-order valence-electron chi connectivity index (χ1n) is 8.83. The summed E-state index contributed by atoms with van der Waals surface area (Å²) in [4.78, 5) is 24.3. The van der Waals surface area contributed by atoms with Crippen molar-refractivity contribution in [1.82, 2.24) is 19.8 Å². The standard InChI is InChI=1S/C20H22N4OS/c1-14-2-4-15(5-3-14)20(26)24-10-8-23(9-11-24)19(25)16-6-7-17-18(12-16)22-13-21-17/h2-7,12-13,20,26H,8-11H2,1H3,(H,21,22). The maximum Gasteiger partial charge on any atom is 0.254 e. The van der Waals surface area contributed by atoms with Crippen molar-refractivity contribution in [3.8, 4) is 0 Å². The number of hydrogen-bond acceptors (Lipinski definition) is 4. The Labute approximate surface area is 158 Å². The Hall–Kier alpha value is -2.31. The number of nitrogens with zero attached hydrogens (tertiary/aromatic N) is 3. The molecule has 0 bridgehead atoms. The van der Waals surface area contributed by atoms with E-state index in [9.17, 15) is 4.79 Å². The molecule has 1 aliphatic rings. The van der Waals surface area contributed by atoms with Crippen molar-refractivity contribution in [2.24, 2.45) is 0 Å². The summed E-state index contributed by atoms with van der Waals surface area (Å²) in [5.74, 6) is 0.0761. The molecule has 3 aromatic rings. The van der Waals surface area contributed by atoms with E-state index in [2.05, 4.69) is 46.1 Å². The van der Waals surface area contributed by atoms with Crippen molar-refractivity contribution in [1.29, 1.82) is 0 Å². The number of carbonyl (C=O) groups is 1. The van der Waals surface area contributed by atoms with Crippen LogP contribution in [0.5, 0.6) is 0 Å². The number of aromatic nitrogens is 2. The van der Waals surface area contributed by atoms with E-state index in [0.29, 0.717) is 18.7 Å². The van der Waals surface area contributed by atoms with Gasteiger partial charge in [-0.1, -0.05) is 29.8 Å². The lowest BCUT2D eigenvalue weighted by atomic mass is 10.1. The molecule has 1 atom stereocenters. The number of aryl methyl sites for hydroxylation is 1. The van der Waals surface area contributed by atoms with Gasteiger partial charge in [-0.05, 0) is 30.7 Å². The zero-order valence-corrected chi connectivity index (χ0v) is 15.6. The smallest absolute Gasteiger partial charge is 0.254 e. The molecule has 2 heterocycles. The molecule has 1 amide bonds. The van der Waals surface area contributed by atoms with E-state index in [1.165, 1.54) is 11.1 Å². The van der Waals surface area contributed by atoms with Crippen molar-refractivity contribution >= 4 is 29.6 Å². The van der Waals surface area contributed by atoms with Crippen LogP contribution in [0.3, 0.4) is 0 Å². The van der Waals surface area contributed by atoms with Crippen LogP contribution in [0.25, 0.3) is 11.0 Å². The number of rotatable bonds is 3. The van der Waals surface area contributed by atoms with Gasteiger partial charge >= 0.3 is 0 Å². The normalized spacial score (nSPS) is 16.8. The fraction of sp³-hybridized carbons (Fsp3) is 0.300. The van der Waals surface area contributed by atoms with E-state index in [1.54, 1.807) is 6.33 Å². The summed E-state index contributed by atoms with van der Waals surface area (Å²) in [6, 6.07) is 14.1. The second-order valence-electron chi connectivity index (χ2n) is 6.75. The van der Waals surface area contributed by atoms with E-state index in [1.807, 2.05) is 23.1 Å². The first kappa shape index (κ1) is 17.1. The minimum atomic E-state index is 0.0641. The Morgan fingerprint density at radius 2 is 1.85 bits per heavy atom. The first-order chi connectivity index (χ1) is 12.6. The Kier molecular flexibility index (Phi) is 4.70. The third-order valence-electron chi connectivity index (χ3n) is 4.99. The monoisotopic (exact) mass is 366 g/mol. The van der Waals surface area contributed by atoms with E-state index in [4.69, 9.17) is 12.6 Å². The molecule has 0 radical (unpaired) electrons. The second-order valence-corrected chi connectivity index (χ2v) is 7.24. The number of fused-ring (bicyclic) bond motifs is 1. The molecule has 134 valence electrons. The van der Waals surface area contributed by atoms with Crippen LogP contribution in [0.1, 0.15) is 26.9 Å². The van der Waals surface area contributed by atoms with Crippen molar-refractivity contribution in [3.63, 3.8) is 0 Å². The topological polar surface area (TPSA) is 52.2 Å². The fourth-order valence-corrected chi connectivity index (χ4v) is 3.77. The van der Waals surface area contributed by atoms with Gasteiger partial charge in [-0.15, -0.1) is 0 Å². The molecule has 5 nitrogen and oxygen atoms in total. The summed E-state index contributed by atoms with van der Waals surface area (Å²) >= 11 is 4.79. The Bertz CT molecular complexity index is 913. The van der Waals surface area contributed by atoms with Crippen molar-refractivity contribution in [2.45, 2.75) is 12.3 Å². The molecule has 0 saturated carbocycles. The number of piperazine rings is 1. The van der Waals surface area contributed by atoms with Crippen molar-refractivity contribution in [2.75, 3.05) is 26.2 Å². The molecule has 1 N–H and O–H groups in total.